The van der Waals surface area contributed by atoms with Crippen LogP contribution in [0.4, 0.5) is 4.79 Å². The molecule has 0 aliphatic carbocycles. The average molecular weight is 264 g/mol. The SMILES string of the molecule is COCc1ccc2c(n1)CN(C(=O)OC(C)(C)C)C2. The van der Waals surface area contributed by atoms with E-state index in [4.69, 9.17) is 9.47 Å². The Morgan fingerprint density at radius 2 is 2.11 bits per heavy atom. The monoisotopic (exact) mass is 264 g/mol. The van der Waals surface area contributed by atoms with E-state index in [1.54, 1.807) is 12.0 Å². The first-order valence-electron chi connectivity index (χ1n) is 6.33. The van der Waals surface area contributed by atoms with Crippen molar-refractivity contribution >= 4 is 6.09 Å². The highest BCUT2D eigenvalue weighted by atomic mass is 16.6. The normalized spacial score (nSPS) is 14.4. The number of carbonyl (C=O) groups excluding carboxylic acids is 1. The number of hydrogen-bond donors (Lipinski definition) is 0. The minimum atomic E-state index is -0.472. The highest BCUT2D eigenvalue weighted by Gasteiger charge is 2.28. The Bertz CT molecular complexity index is 480. The van der Waals surface area contributed by atoms with Crippen LogP contribution >= 0.6 is 0 Å². The summed E-state index contributed by atoms with van der Waals surface area (Å²) in [5.74, 6) is 0. The molecule has 0 atom stereocenters. The zero-order valence-electron chi connectivity index (χ0n) is 11.9. The number of ether oxygens (including phenoxy) is 2. The van der Waals surface area contributed by atoms with E-state index in [2.05, 4.69) is 4.98 Å². The van der Waals surface area contributed by atoms with Gasteiger partial charge in [0, 0.05) is 7.11 Å². The minimum absolute atomic E-state index is 0.293. The molecule has 1 amide bonds. The Kier molecular flexibility index (Phi) is 3.75. The Balaban J connectivity index is 2.05. The van der Waals surface area contributed by atoms with Crippen LogP contribution in [0.25, 0.3) is 0 Å². The van der Waals surface area contributed by atoms with Crippen molar-refractivity contribution in [2.24, 2.45) is 0 Å². The molecule has 5 nitrogen and oxygen atoms in total. The maximum absolute atomic E-state index is 12.0. The van der Waals surface area contributed by atoms with Crippen molar-refractivity contribution in [2.45, 2.75) is 46.1 Å². The van der Waals surface area contributed by atoms with Crippen molar-refractivity contribution in [2.75, 3.05) is 7.11 Å². The number of nitrogens with zero attached hydrogens (tertiary/aromatic N) is 2. The number of amides is 1. The molecule has 0 saturated carbocycles. The van der Waals surface area contributed by atoms with Crippen LogP contribution < -0.4 is 0 Å². The maximum atomic E-state index is 12.0. The van der Waals surface area contributed by atoms with Gasteiger partial charge in [-0.1, -0.05) is 6.07 Å². The fourth-order valence-electron chi connectivity index (χ4n) is 1.98. The van der Waals surface area contributed by atoms with E-state index >= 15 is 0 Å². The highest BCUT2D eigenvalue weighted by molar-refractivity contribution is 5.69. The van der Waals surface area contributed by atoms with Crippen molar-refractivity contribution < 1.29 is 14.3 Å². The first-order chi connectivity index (χ1) is 8.89. The molecule has 0 N–H and O–H groups in total. The number of pyridine rings is 1. The van der Waals surface area contributed by atoms with Crippen LogP contribution in [-0.4, -0.2) is 28.7 Å². The molecule has 104 valence electrons. The second-order valence-corrected chi connectivity index (χ2v) is 5.68. The van der Waals surface area contributed by atoms with E-state index in [9.17, 15) is 4.79 Å². The van der Waals surface area contributed by atoms with Gasteiger partial charge in [0.05, 0.1) is 31.1 Å². The fraction of sp³-hybridized carbons (Fsp3) is 0.571. The van der Waals surface area contributed by atoms with Crippen LogP contribution in [0.2, 0.25) is 0 Å². The summed E-state index contributed by atoms with van der Waals surface area (Å²) in [6, 6.07) is 3.93. The summed E-state index contributed by atoms with van der Waals surface area (Å²) in [4.78, 5) is 18.2. The molecule has 1 aliphatic rings. The van der Waals surface area contributed by atoms with Crippen molar-refractivity contribution in [3.8, 4) is 0 Å². The first-order valence-corrected chi connectivity index (χ1v) is 6.33. The molecule has 0 saturated heterocycles. The number of aromatic nitrogens is 1. The lowest BCUT2D eigenvalue weighted by Crippen LogP contribution is -2.33. The second kappa shape index (κ2) is 5.17. The fourth-order valence-corrected chi connectivity index (χ4v) is 1.98. The molecule has 0 aromatic carbocycles. The number of carbonyl (C=O) groups is 1. The predicted octanol–water partition coefficient (Wildman–Crippen LogP) is 2.48. The van der Waals surface area contributed by atoms with E-state index in [1.807, 2.05) is 32.9 Å². The first kappa shape index (κ1) is 13.8. The standard InChI is InChI=1S/C14H20N2O3/c1-14(2,3)19-13(17)16-7-10-5-6-11(9-18-4)15-12(10)8-16/h5-6H,7-9H2,1-4H3. The lowest BCUT2D eigenvalue weighted by molar-refractivity contribution is 0.0240. The maximum Gasteiger partial charge on any atom is 0.410 e. The lowest BCUT2D eigenvalue weighted by atomic mass is 10.2. The molecule has 1 aromatic rings. The Labute approximate surface area is 113 Å². The van der Waals surface area contributed by atoms with Gasteiger partial charge in [0.1, 0.15) is 5.60 Å². The molecule has 0 radical (unpaired) electrons. The van der Waals surface area contributed by atoms with Gasteiger partial charge in [-0.05, 0) is 32.4 Å². The second-order valence-electron chi connectivity index (χ2n) is 5.68. The third-order valence-corrected chi connectivity index (χ3v) is 2.77. The molecular formula is C14H20N2O3. The van der Waals surface area contributed by atoms with Crippen molar-refractivity contribution in [3.63, 3.8) is 0 Å². The van der Waals surface area contributed by atoms with Gasteiger partial charge in [-0.15, -0.1) is 0 Å². The predicted molar refractivity (Wildman–Crippen MR) is 70.4 cm³/mol. The van der Waals surface area contributed by atoms with Crippen molar-refractivity contribution in [1.29, 1.82) is 0 Å². The molecule has 0 spiro atoms. The van der Waals surface area contributed by atoms with Gasteiger partial charge >= 0.3 is 6.09 Å². The molecule has 0 unspecified atom stereocenters. The van der Waals surface area contributed by atoms with Crippen LogP contribution in [-0.2, 0) is 29.2 Å². The third kappa shape index (κ3) is 3.44. The highest BCUT2D eigenvalue weighted by Crippen LogP contribution is 2.23. The van der Waals surface area contributed by atoms with Gasteiger partial charge in [-0.3, -0.25) is 9.88 Å². The van der Waals surface area contributed by atoms with Gasteiger partial charge < -0.3 is 9.47 Å². The van der Waals surface area contributed by atoms with Crippen LogP contribution in [0.5, 0.6) is 0 Å². The van der Waals surface area contributed by atoms with Gasteiger partial charge in [0.15, 0.2) is 0 Å². The Morgan fingerprint density at radius 1 is 1.37 bits per heavy atom. The molecule has 1 aliphatic heterocycles. The third-order valence-electron chi connectivity index (χ3n) is 2.77. The molecular weight excluding hydrogens is 244 g/mol. The van der Waals surface area contributed by atoms with E-state index < -0.39 is 5.60 Å². The summed E-state index contributed by atoms with van der Waals surface area (Å²) in [6.07, 6.45) is -0.293. The van der Waals surface area contributed by atoms with E-state index in [0.29, 0.717) is 19.7 Å². The molecule has 19 heavy (non-hydrogen) atoms. The Hall–Kier alpha value is -1.62. The summed E-state index contributed by atoms with van der Waals surface area (Å²) >= 11 is 0. The topological polar surface area (TPSA) is 51.7 Å². The summed E-state index contributed by atoms with van der Waals surface area (Å²) in [7, 11) is 1.64. The van der Waals surface area contributed by atoms with Crippen molar-refractivity contribution in [3.05, 3.63) is 29.1 Å². The largest absolute Gasteiger partial charge is 0.444 e. The van der Waals surface area contributed by atoms with Crippen LogP contribution in [0, 0.1) is 0 Å². The van der Waals surface area contributed by atoms with Gasteiger partial charge in [0.25, 0.3) is 0 Å². The molecule has 1 aromatic heterocycles. The number of rotatable bonds is 2. The summed E-state index contributed by atoms with van der Waals surface area (Å²) in [5, 5.41) is 0. The minimum Gasteiger partial charge on any atom is -0.444 e. The quantitative estimate of drug-likeness (QED) is 0.823. The van der Waals surface area contributed by atoms with Gasteiger partial charge in [0.2, 0.25) is 0 Å². The van der Waals surface area contributed by atoms with Crippen LogP contribution in [0.1, 0.15) is 37.7 Å². The molecule has 2 rings (SSSR count). The van der Waals surface area contributed by atoms with E-state index in [0.717, 1.165) is 17.0 Å². The number of fused-ring (bicyclic) bond motifs is 1. The number of hydrogen-bond acceptors (Lipinski definition) is 4. The van der Waals surface area contributed by atoms with Crippen LogP contribution in [0.3, 0.4) is 0 Å². The molecule has 5 heteroatoms. The van der Waals surface area contributed by atoms with E-state index in [-0.39, 0.29) is 6.09 Å². The van der Waals surface area contributed by atoms with E-state index in [1.165, 1.54) is 0 Å². The van der Waals surface area contributed by atoms with Gasteiger partial charge in [-0.2, -0.15) is 0 Å². The molecule has 0 bridgehead atoms. The number of methoxy groups -OCH3 is 1. The molecule has 2 heterocycles. The zero-order chi connectivity index (χ0) is 14.0. The Morgan fingerprint density at radius 3 is 2.74 bits per heavy atom. The average Bonchev–Trinajstić information content (AvgIpc) is 2.70. The van der Waals surface area contributed by atoms with Gasteiger partial charge in [-0.25, -0.2) is 4.79 Å². The lowest BCUT2D eigenvalue weighted by Gasteiger charge is -2.23. The summed E-state index contributed by atoms with van der Waals surface area (Å²) in [5.41, 5.74) is 2.42. The molecule has 0 fully saturated rings. The smallest absolute Gasteiger partial charge is 0.410 e. The zero-order valence-corrected chi connectivity index (χ0v) is 11.9. The summed E-state index contributed by atoms with van der Waals surface area (Å²) in [6.45, 7) is 7.14. The van der Waals surface area contributed by atoms with Crippen molar-refractivity contribution in [1.82, 2.24) is 9.88 Å². The summed E-state index contributed by atoms with van der Waals surface area (Å²) < 4.78 is 10.4. The van der Waals surface area contributed by atoms with Crippen LogP contribution in [0.15, 0.2) is 12.1 Å².